The first-order chi connectivity index (χ1) is 17.4. The summed E-state index contributed by atoms with van der Waals surface area (Å²) in [6.45, 7) is 12.5. The van der Waals surface area contributed by atoms with Crippen LogP contribution in [0.15, 0.2) is 47.6 Å². The fourth-order valence-electron chi connectivity index (χ4n) is 4.72. The standard InChI is InChI=1S/C29H38N4O3/c1-5-28(34)32(13-12-31-14-16-36-17-15-31)20-29(35)33-27(24-9-6-21(2)7-10-24)19-26(30-33)25-11-8-22(3)23(4)18-25/h6-11,18,27H,5,12-17,19-20H2,1-4H3. The number of carbonyl (C=O) groups excluding carboxylic acids is 2. The van der Waals surface area contributed by atoms with E-state index in [4.69, 9.17) is 9.84 Å². The molecular formula is C29H38N4O3. The molecule has 1 atom stereocenters. The highest BCUT2D eigenvalue weighted by molar-refractivity contribution is 6.03. The van der Waals surface area contributed by atoms with E-state index in [1.54, 1.807) is 9.91 Å². The molecule has 0 spiro atoms. The van der Waals surface area contributed by atoms with Gasteiger partial charge in [-0.25, -0.2) is 5.01 Å². The fraction of sp³-hybridized carbons (Fsp3) is 0.483. The van der Waals surface area contributed by atoms with Crippen LogP contribution >= 0.6 is 0 Å². The molecule has 192 valence electrons. The van der Waals surface area contributed by atoms with E-state index in [1.165, 1.54) is 16.7 Å². The highest BCUT2D eigenvalue weighted by Crippen LogP contribution is 2.33. The molecular weight excluding hydrogens is 452 g/mol. The summed E-state index contributed by atoms with van der Waals surface area (Å²) in [6.07, 6.45) is 1.02. The topological polar surface area (TPSA) is 65.5 Å². The molecule has 0 N–H and O–H groups in total. The van der Waals surface area contributed by atoms with Gasteiger partial charge in [0.2, 0.25) is 5.91 Å². The van der Waals surface area contributed by atoms with Crippen molar-refractivity contribution in [3.63, 3.8) is 0 Å². The first-order valence-electron chi connectivity index (χ1n) is 13.0. The number of hydrogen-bond donors (Lipinski definition) is 0. The second-order valence-electron chi connectivity index (χ2n) is 9.84. The summed E-state index contributed by atoms with van der Waals surface area (Å²) in [7, 11) is 0. The molecule has 0 aliphatic carbocycles. The van der Waals surface area contributed by atoms with Crippen molar-refractivity contribution in [2.75, 3.05) is 45.9 Å². The minimum atomic E-state index is -0.187. The summed E-state index contributed by atoms with van der Waals surface area (Å²) >= 11 is 0. The third-order valence-corrected chi connectivity index (χ3v) is 7.24. The van der Waals surface area contributed by atoms with Crippen molar-refractivity contribution in [1.82, 2.24) is 14.8 Å². The first-order valence-corrected chi connectivity index (χ1v) is 13.0. The molecule has 1 fully saturated rings. The Morgan fingerprint density at radius 3 is 2.42 bits per heavy atom. The van der Waals surface area contributed by atoms with Crippen molar-refractivity contribution in [3.05, 3.63) is 70.3 Å². The van der Waals surface area contributed by atoms with E-state index in [9.17, 15) is 9.59 Å². The Morgan fingerprint density at radius 2 is 1.75 bits per heavy atom. The predicted octanol–water partition coefficient (Wildman–Crippen LogP) is 3.86. The number of benzene rings is 2. The lowest BCUT2D eigenvalue weighted by Gasteiger charge is -2.31. The van der Waals surface area contributed by atoms with Crippen LogP contribution in [-0.4, -0.2) is 78.3 Å². The van der Waals surface area contributed by atoms with Gasteiger partial charge in [0.25, 0.3) is 5.91 Å². The van der Waals surface area contributed by atoms with E-state index in [0.29, 0.717) is 32.6 Å². The van der Waals surface area contributed by atoms with Gasteiger partial charge in [-0.2, -0.15) is 5.10 Å². The van der Waals surface area contributed by atoms with E-state index < -0.39 is 0 Å². The number of hydrogen-bond acceptors (Lipinski definition) is 5. The lowest BCUT2D eigenvalue weighted by Crippen LogP contribution is -2.46. The van der Waals surface area contributed by atoms with Gasteiger partial charge < -0.3 is 9.64 Å². The molecule has 2 aliphatic rings. The number of amides is 2. The van der Waals surface area contributed by atoms with E-state index >= 15 is 0 Å². The Bertz CT molecular complexity index is 1110. The molecule has 1 saturated heterocycles. The molecule has 7 heteroatoms. The predicted molar refractivity (Wildman–Crippen MR) is 142 cm³/mol. The number of nitrogens with zero attached hydrogens (tertiary/aromatic N) is 4. The van der Waals surface area contributed by atoms with Gasteiger partial charge in [-0.05, 0) is 49.1 Å². The van der Waals surface area contributed by atoms with E-state index in [0.717, 1.165) is 36.5 Å². The van der Waals surface area contributed by atoms with E-state index in [1.807, 2.05) is 6.92 Å². The van der Waals surface area contributed by atoms with Crippen molar-refractivity contribution >= 4 is 17.5 Å². The highest BCUT2D eigenvalue weighted by Gasteiger charge is 2.34. The molecule has 2 amide bonds. The summed E-state index contributed by atoms with van der Waals surface area (Å²) in [5, 5.41) is 6.44. The van der Waals surface area contributed by atoms with Crippen LogP contribution in [0, 0.1) is 20.8 Å². The number of ether oxygens (including phenoxy) is 1. The molecule has 0 radical (unpaired) electrons. The Morgan fingerprint density at radius 1 is 1.03 bits per heavy atom. The average Bonchev–Trinajstić information content (AvgIpc) is 3.34. The van der Waals surface area contributed by atoms with Crippen molar-refractivity contribution in [2.45, 2.75) is 46.6 Å². The zero-order chi connectivity index (χ0) is 25.7. The summed E-state index contributed by atoms with van der Waals surface area (Å²) in [4.78, 5) is 30.4. The summed E-state index contributed by atoms with van der Waals surface area (Å²) in [5.74, 6) is -0.163. The molecule has 2 aromatic carbocycles. The van der Waals surface area contributed by atoms with E-state index in [2.05, 4.69) is 68.1 Å². The van der Waals surface area contributed by atoms with Crippen LogP contribution in [0.4, 0.5) is 0 Å². The van der Waals surface area contributed by atoms with Crippen molar-refractivity contribution in [2.24, 2.45) is 5.10 Å². The molecule has 2 heterocycles. The molecule has 0 bridgehead atoms. The maximum Gasteiger partial charge on any atom is 0.262 e. The monoisotopic (exact) mass is 490 g/mol. The Labute approximate surface area is 214 Å². The van der Waals surface area contributed by atoms with Gasteiger partial charge in [0.1, 0.15) is 6.54 Å². The van der Waals surface area contributed by atoms with Crippen LogP contribution in [-0.2, 0) is 14.3 Å². The lowest BCUT2D eigenvalue weighted by molar-refractivity contribution is -0.141. The van der Waals surface area contributed by atoms with Crippen molar-refractivity contribution in [3.8, 4) is 0 Å². The van der Waals surface area contributed by atoms with Gasteiger partial charge >= 0.3 is 0 Å². The zero-order valence-electron chi connectivity index (χ0n) is 22.0. The smallest absolute Gasteiger partial charge is 0.262 e. The molecule has 2 aromatic rings. The number of morpholine rings is 1. The quantitative estimate of drug-likeness (QED) is 0.564. The van der Waals surface area contributed by atoms with Crippen LogP contribution in [0.3, 0.4) is 0 Å². The minimum Gasteiger partial charge on any atom is -0.379 e. The Hall–Kier alpha value is -3.03. The third kappa shape index (κ3) is 6.20. The van der Waals surface area contributed by atoms with Gasteiger partial charge in [0.15, 0.2) is 0 Å². The molecule has 7 nitrogen and oxygen atoms in total. The Kier molecular flexibility index (Phi) is 8.54. The van der Waals surface area contributed by atoms with Gasteiger partial charge in [0, 0.05) is 39.0 Å². The van der Waals surface area contributed by atoms with Gasteiger partial charge in [0.05, 0.1) is 25.0 Å². The molecule has 0 aromatic heterocycles. The van der Waals surface area contributed by atoms with Crippen molar-refractivity contribution < 1.29 is 14.3 Å². The Balaban J connectivity index is 1.56. The minimum absolute atomic E-state index is 0.0129. The largest absolute Gasteiger partial charge is 0.379 e. The normalized spacial score (nSPS) is 18.3. The van der Waals surface area contributed by atoms with Crippen LogP contribution < -0.4 is 0 Å². The van der Waals surface area contributed by atoms with Crippen LogP contribution in [0.5, 0.6) is 0 Å². The van der Waals surface area contributed by atoms with Gasteiger partial charge in [-0.1, -0.05) is 48.9 Å². The van der Waals surface area contributed by atoms with Crippen LogP contribution in [0.2, 0.25) is 0 Å². The lowest BCUT2D eigenvalue weighted by atomic mass is 9.96. The molecule has 36 heavy (non-hydrogen) atoms. The van der Waals surface area contributed by atoms with E-state index in [-0.39, 0.29) is 24.4 Å². The van der Waals surface area contributed by atoms with Gasteiger partial charge in [-0.15, -0.1) is 0 Å². The molecule has 2 aliphatic heterocycles. The zero-order valence-corrected chi connectivity index (χ0v) is 22.0. The highest BCUT2D eigenvalue weighted by atomic mass is 16.5. The molecule has 1 unspecified atom stereocenters. The first kappa shape index (κ1) is 26.0. The van der Waals surface area contributed by atoms with Gasteiger partial charge in [-0.3, -0.25) is 14.5 Å². The summed E-state index contributed by atoms with van der Waals surface area (Å²) in [5.41, 5.74) is 6.60. The fourth-order valence-corrected chi connectivity index (χ4v) is 4.72. The number of rotatable bonds is 8. The molecule has 0 saturated carbocycles. The second-order valence-corrected chi connectivity index (χ2v) is 9.84. The van der Waals surface area contributed by atoms with Crippen molar-refractivity contribution in [1.29, 1.82) is 0 Å². The summed E-state index contributed by atoms with van der Waals surface area (Å²) in [6, 6.07) is 14.4. The second kappa shape index (κ2) is 11.8. The third-order valence-electron chi connectivity index (χ3n) is 7.24. The summed E-state index contributed by atoms with van der Waals surface area (Å²) < 4.78 is 5.43. The number of hydrazone groups is 1. The number of carbonyl (C=O) groups is 2. The molecule has 4 rings (SSSR count). The van der Waals surface area contributed by atoms with Crippen LogP contribution in [0.1, 0.15) is 53.6 Å². The maximum atomic E-state index is 13.7. The maximum absolute atomic E-state index is 13.7. The number of aryl methyl sites for hydroxylation is 3. The SMILES string of the molecule is CCC(=O)N(CCN1CCOCC1)CC(=O)N1N=C(c2ccc(C)c(C)c2)CC1c1ccc(C)cc1. The average molecular weight is 491 g/mol. The van der Waals surface area contributed by atoms with Crippen LogP contribution in [0.25, 0.3) is 0 Å².